The summed E-state index contributed by atoms with van der Waals surface area (Å²) in [5, 5.41) is 30.6. The second-order valence-electron chi connectivity index (χ2n) is 6.32. The third-order valence-electron chi connectivity index (χ3n) is 4.25. The third-order valence-corrected chi connectivity index (χ3v) is 5.16. The lowest BCUT2D eigenvalue weighted by Crippen LogP contribution is -2.07. The average molecular weight is 395 g/mol. The molecule has 0 unspecified atom stereocenters. The molecule has 0 bridgehead atoms. The highest BCUT2D eigenvalue weighted by molar-refractivity contribution is 6.40. The van der Waals surface area contributed by atoms with Crippen LogP contribution in [0.4, 0.5) is 0 Å². The van der Waals surface area contributed by atoms with Gasteiger partial charge >= 0.3 is 0 Å². The highest BCUT2D eigenvalue weighted by Gasteiger charge is 2.24. The number of rotatable bonds is 2. The summed E-state index contributed by atoms with van der Waals surface area (Å²) >= 11 is 12.3. The van der Waals surface area contributed by atoms with E-state index in [0.717, 1.165) is 11.6 Å². The fourth-order valence-corrected chi connectivity index (χ4v) is 3.30. The Kier molecular flexibility index (Phi) is 4.54. The summed E-state index contributed by atoms with van der Waals surface area (Å²) in [7, 11) is 0. The molecule has 1 aromatic heterocycles. The normalized spacial score (nSPS) is 11.3. The predicted octanol–water partition coefficient (Wildman–Crippen LogP) is 5.19. The number of halogens is 2. The molecule has 26 heavy (non-hydrogen) atoms. The molecule has 1 heterocycles. The minimum atomic E-state index is -0.633. The summed E-state index contributed by atoms with van der Waals surface area (Å²) in [4.78, 5) is 13.1. The number of phenols is 3. The number of hydrogen-bond donors (Lipinski definition) is 3. The van der Waals surface area contributed by atoms with E-state index >= 15 is 0 Å². The zero-order valence-corrected chi connectivity index (χ0v) is 15.8. The standard InChI is InChI=1S/C19H16Cl2O5/c1-7(2)4-5-9-10(22)6-11(23)18-12(9)16(24)13-17(25)14(20)8(3)15(21)19(13)26-18/h4,6,22-23,25H,5H2,1-3H3. The van der Waals surface area contributed by atoms with Gasteiger partial charge in [-0.3, -0.25) is 4.79 Å². The van der Waals surface area contributed by atoms with Crippen LogP contribution in [0.3, 0.4) is 0 Å². The topological polar surface area (TPSA) is 90.9 Å². The third kappa shape index (κ3) is 2.68. The lowest BCUT2D eigenvalue weighted by atomic mass is 10.00. The van der Waals surface area contributed by atoms with Crippen molar-refractivity contribution in [1.29, 1.82) is 0 Å². The number of phenolic OH excluding ortho intramolecular Hbond substituents is 3. The highest BCUT2D eigenvalue weighted by atomic mass is 35.5. The Morgan fingerprint density at radius 2 is 1.73 bits per heavy atom. The van der Waals surface area contributed by atoms with Crippen molar-refractivity contribution in [1.82, 2.24) is 0 Å². The summed E-state index contributed by atoms with van der Waals surface area (Å²) in [6, 6.07) is 1.11. The van der Waals surface area contributed by atoms with Crippen molar-refractivity contribution in [3.63, 3.8) is 0 Å². The molecule has 0 amide bonds. The van der Waals surface area contributed by atoms with Crippen LogP contribution in [0.5, 0.6) is 17.2 Å². The lowest BCUT2D eigenvalue weighted by Gasteiger charge is -2.13. The quantitative estimate of drug-likeness (QED) is 0.411. The van der Waals surface area contributed by atoms with Crippen LogP contribution < -0.4 is 5.43 Å². The Hall–Kier alpha value is -2.37. The maximum absolute atomic E-state index is 13.1. The molecule has 0 spiro atoms. The largest absolute Gasteiger partial charge is 0.507 e. The molecule has 0 aliphatic carbocycles. The maximum atomic E-state index is 13.1. The van der Waals surface area contributed by atoms with E-state index in [4.69, 9.17) is 27.6 Å². The summed E-state index contributed by atoms with van der Waals surface area (Å²) in [5.74, 6) is -1.10. The first-order valence-corrected chi connectivity index (χ1v) is 8.54. The zero-order chi connectivity index (χ0) is 19.3. The van der Waals surface area contributed by atoms with Crippen molar-refractivity contribution in [3.8, 4) is 17.2 Å². The maximum Gasteiger partial charge on any atom is 0.204 e. The van der Waals surface area contributed by atoms with Gasteiger partial charge in [-0.05, 0) is 32.8 Å². The fourth-order valence-electron chi connectivity index (χ4n) is 2.84. The molecule has 7 heteroatoms. The molecule has 3 N–H and O–H groups in total. The van der Waals surface area contributed by atoms with Crippen molar-refractivity contribution >= 4 is 45.1 Å². The van der Waals surface area contributed by atoms with E-state index < -0.39 is 16.9 Å². The predicted molar refractivity (Wildman–Crippen MR) is 103 cm³/mol. The SMILES string of the molecule is CC(C)=CCc1c(O)cc(O)c2oc3c(Cl)c(C)c(Cl)c(O)c3c(=O)c12. The van der Waals surface area contributed by atoms with Crippen molar-refractivity contribution in [2.75, 3.05) is 0 Å². The average Bonchev–Trinajstić information content (AvgIpc) is 2.57. The Balaban J connectivity index is 2.60. The second-order valence-corrected chi connectivity index (χ2v) is 7.08. The molecule has 3 aromatic rings. The van der Waals surface area contributed by atoms with Crippen LogP contribution in [0.2, 0.25) is 10.0 Å². The first-order valence-electron chi connectivity index (χ1n) is 7.79. The summed E-state index contributed by atoms with van der Waals surface area (Å²) in [6.45, 7) is 5.34. The summed E-state index contributed by atoms with van der Waals surface area (Å²) in [6.07, 6.45) is 2.07. The van der Waals surface area contributed by atoms with E-state index in [-0.39, 0.29) is 49.7 Å². The van der Waals surface area contributed by atoms with Gasteiger partial charge in [-0.15, -0.1) is 0 Å². The van der Waals surface area contributed by atoms with Crippen LogP contribution in [-0.4, -0.2) is 15.3 Å². The number of fused-ring (bicyclic) bond motifs is 2. The first-order chi connectivity index (χ1) is 12.1. The molecule has 0 radical (unpaired) electrons. The second kappa shape index (κ2) is 6.41. The van der Waals surface area contributed by atoms with E-state index in [9.17, 15) is 20.1 Å². The summed E-state index contributed by atoms with van der Waals surface area (Å²) in [5.41, 5.74) is 0.801. The Bertz CT molecular complexity index is 1150. The van der Waals surface area contributed by atoms with Gasteiger partial charge in [0, 0.05) is 11.6 Å². The van der Waals surface area contributed by atoms with Crippen molar-refractivity contribution in [2.24, 2.45) is 0 Å². The van der Waals surface area contributed by atoms with Gasteiger partial charge in [0.15, 0.2) is 16.9 Å². The van der Waals surface area contributed by atoms with E-state index in [1.54, 1.807) is 6.92 Å². The molecule has 0 fully saturated rings. The Morgan fingerprint density at radius 3 is 2.35 bits per heavy atom. The Morgan fingerprint density at radius 1 is 1.08 bits per heavy atom. The molecular formula is C19H16Cl2O5. The number of aromatic hydroxyl groups is 3. The monoisotopic (exact) mass is 394 g/mol. The Labute approximate surface area is 158 Å². The molecule has 0 aliphatic rings. The van der Waals surface area contributed by atoms with E-state index in [1.165, 1.54) is 0 Å². The highest BCUT2D eigenvalue weighted by Crippen LogP contribution is 2.43. The molecule has 0 atom stereocenters. The van der Waals surface area contributed by atoms with Gasteiger partial charge in [-0.1, -0.05) is 34.9 Å². The minimum absolute atomic E-state index is 0.0289. The van der Waals surface area contributed by atoms with Gasteiger partial charge in [0.1, 0.15) is 16.9 Å². The minimum Gasteiger partial charge on any atom is -0.507 e. The molecule has 0 saturated carbocycles. The van der Waals surface area contributed by atoms with E-state index in [1.807, 2.05) is 19.9 Å². The smallest absolute Gasteiger partial charge is 0.204 e. The van der Waals surface area contributed by atoms with Crippen LogP contribution in [-0.2, 0) is 6.42 Å². The number of hydrogen-bond acceptors (Lipinski definition) is 5. The van der Waals surface area contributed by atoms with Crippen LogP contribution in [0, 0.1) is 6.92 Å². The van der Waals surface area contributed by atoms with Gasteiger partial charge in [-0.25, -0.2) is 0 Å². The van der Waals surface area contributed by atoms with Crippen molar-refractivity contribution in [2.45, 2.75) is 27.2 Å². The number of allylic oxidation sites excluding steroid dienone is 2. The molecule has 3 rings (SSSR count). The molecule has 136 valence electrons. The zero-order valence-electron chi connectivity index (χ0n) is 14.3. The lowest BCUT2D eigenvalue weighted by molar-refractivity contribution is 0.443. The molecule has 5 nitrogen and oxygen atoms in total. The molecule has 0 aliphatic heterocycles. The van der Waals surface area contributed by atoms with Crippen LogP contribution in [0.1, 0.15) is 25.0 Å². The van der Waals surface area contributed by atoms with Crippen LogP contribution in [0.25, 0.3) is 21.9 Å². The summed E-state index contributed by atoms with van der Waals surface area (Å²) < 4.78 is 5.68. The van der Waals surface area contributed by atoms with Crippen LogP contribution in [0.15, 0.2) is 26.9 Å². The first kappa shape index (κ1) is 18.4. The van der Waals surface area contributed by atoms with Crippen molar-refractivity contribution < 1.29 is 19.7 Å². The van der Waals surface area contributed by atoms with Crippen molar-refractivity contribution in [3.05, 3.63) is 49.1 Å². The van der Waals surface area contributed by atoms with Gasteiger partial charge in [0.25, 0.3) is 0 Å². The fraction of sp³-hybridized carbons (Fsp3) is 0.211. The molecular weight excluding hydrogens is 379 g/mol. The molecule has 0 saturated heterocycles. The van der Waals surface area contributed by atoms with Crippen LogP contribution >= 0.6 is 23.2 Å². The van der Waals surface area contributed by atoms with Gasteiger partial charge < -0.3 is 19.7 Å². The van der Waals surface area contributed by atoms with Gasteiger partial charge in [-0.2, -0.15) is 0 Å². The van der Waals surface area contributed by atoms with Gasteiger partial charge in [0.2, 0.25) is 5.43 Å². The van der Waals surface area contributed by atoms with Gasteiger partial charge in [0.05, 0.1) is 15.4 Å². The van der Waals surface area contributed by atoms with E-state index in [0.29, 0.717) is 5.56 Å². The molecule has 2 aromatic carbocycles. The van der Waals surface area contributed by atoms with E-state index in [2.05, 4.69) is 0 Å². The number of benzene rings is 2.